The first-order valence-corrected chi connectivity index (χ1v) is 6.70. The van der Waals surface area contributed by atoms with Crippen LogP contribution in [-0.2, 0) is 0 Å². The first-order valence-electron chi connectivity index (χ1n) is 6.30. The summed E-state index contributed by atoms with van der Waals surface area (Å²) in [5.41, 5.74) is 0. The highest BCUT2D eigenvalue weighted by atomic mass is 32.1. The summed E-state index contributed by atoms with van der Waals surface area (Å²) in [4.78, 5) is 2.24. The second-order valence-corrected chi connectivity index (χ2v) is 5.29. The molecule has 15 heavy (non-hydrogen) atoms. The van der Waals surface area contributed by atoms with E-state index in [1.54, 1.807) is 0 Å². The van der Waals surface area contributed by atoms with Gasteiger partial charge in [-0.1, -0.05) is 6.42 Å². The topological polar surface area (TPSA) is 15.3 Å². The molecule has 0 heterocycles. The van der Waals surface area contributed by atoms with Gasteiger partial charge in [-0.2, -0.15) is 0 Å². The fourth-order valence-electron chi connectivity index (χ4n) is 3.18. The third-order valence-electron chi connectivity index (χ3n) is 4.10. The van der Waals surface area contributed by atoms with E-state index in [1.165, 1.54) is 25.7 Å². The van der Waals surface area contributed by atoms with Crippen molar-refractivity contribution >= 4 is 17.3 Å². The normalized spacial score (nSPS) is 33.1. The Morgan fingerprint density at radius 2 is 2.00 bits per heavy atom. The fraction of sp³-hybridized carbons (Fsp3) is 0.917. The van der Waals surface area contributed by atoms with Gasteiger partial charge in [0.1, 0.15) is 0 Å². The number of thiocarbonyl (C=S) groups is 1. The Hall–Kier alpha value is -0.310. The zero-order valence-corrected chi connectivity index (χ0v) is 10.6. The fourth-order valence-corrected chi connectivity index (χ4v) is 3.59. The maximum Gasteiger partial charge on any atom is 0.169 e. The molecule has 2 bridgehead atoms. The van der Waals surface area contributed by atoms with Gasteiger partial charge in [-0.3, -0.25) is 0 Å². The molecule has 3 unspecified atom stereocenters. The van der Waals surface area contributed by atoms with Crippen molar-refractivity contribution in [3.63, 3.8) is 0 Å². The summed E-state index contributed by atoms with van der Waals surface area (Å²) in [6.07, 6.45) is 5.68. The molecule has 86 valence electrons. The maximum absolute atomic E-state index is 5.44. The van der Waals surface area contributed by atoms with Crippen LogP contribution >= 0.6 is 12.2 Å². The van der Waals surface area contributed by atoms with Gasteiger partial charge in [0.15, 0.2) is 5.11 Å². The lowest BCUT2D eigenvalue weighted by Gasteiger charge is -2.29. The van der Waals surface area contributed by atoms with Crippen molar-refractivity contribution in [3.05, 3.63) is 0 Å². The Morgan fingerprint density at radius 3 is 2.47 bits per heavy atom. The van der Waals surface area contributed by atoms with Crippen LogP contribution in [0.2, 0.25) is 0 Å². The molecule has 2 saturated carbocycles. The van der Waals surface area contributed by atoms with E-state index in [-0.39, 0.29) is 0 Å². The number of fused-ring (bicyclic) bond motifs is 2. The van der Waals surface area contributed by atoms with E-state index in [0.29, 0.717) is 6.04 Å². The van der Waals surface area contributed by atoms with E-state index in [0.717, 1.165) is 30.0 Å². The highest BCUT2D eigenvalue weighted by molar-refractivity contribution is 7.80. The van der Waals surface area contributed by atoms with E-state index < -0.39 is 0 Å². The molecule has 2 aliphatic rings. The summed E-state index contributed by atoms with van der Waals surface area (Å²) < 4.78 is 0. The van der Waals surface area contributed by atoms with Crippen LogP contribution in [0.25, 0.3) is 0 Å². The predicted molar refractivity (Wildman–Crippen MR) is 67.9 cm³/mol. The molecule has 2 fully saturated rings. The highest BCUT2D eigenvalue weighted by Crippen LogP contribution is 2.44. The summed E-state index contributed by atoms with van der Waals surface area (Å²) in [7, 11) is 0. The molecule has 0 aliphatic heterocycles. The van der Waals surface area contributed by atoms with Crippen LogP contribution in [0.15, 0.2) is 0 Å². The molecule has 0 amide bonds. The molecular weight excluding hydrogens is 204 g/mol. The van der Waals surface area contributed by atoms with Gasteiger partial charge < -0.3 is 10.2 Å². The van der Waals surface area contributed by atoms with Crippen LogP contribution in [0, 0.1) is 11.8 Å². The molecule has 0 spiro atoms. The zero-order valence-electron chi connectivity index (χ0n) is 9.83. The van der Waals surface area contributed by atoms with Crippen molar-refractivity contribution < 1.29 is 0 Å². The van der Waals surface area contributed by atoms with E-state index in [4.69, 9.17) is 12.2 Å². The molecular formula is C12H22N2S. The monoisotopic (exact) mass is 226 g/mol. The summed E-state index contributed by atoms with van der Waals surface area (Å²) in [6.45, 7) is 6.36. The molecule has 3 heteroatoms. The first kappa shape index (κ1) is 11.2. The second kappa shape index (κ2) is 4.69. The average molecular weight is 226 g/mol. The summed E-state index contributed by atoms with van der Waals surface area (Å²) in [5, 5.41) is 4.54. The Kier molecular flexibility index (Phi) is 3.49. The van der Waals surface area contributed by atoms with Gasteiger partial charge in [-0.05, 0) is 57.2 Å². The van der Waals surface area contributed by atoms with E-state index in [9.17, 15) is 0 Å². The molecule has 2 rings (SSSR count). The van der Waals surface area contributed by atoms with Crippen LogP contribution in [0.5, 0.6) is 0 Å². The molecule has 0 aromatic rings. The minimum Gasteiger partial charge on any atom is -0.360 e. The maximum atomic E-state index is 5.44. The number of nitrogens with one attached hydrogen (secondary N) is 1. The van der Waals surface area contributed by atoms with Crippen molar-refractivity contribution in [2.24, 2.45) is 11.8 Å². The van der Waals surface area contributed by atoms with Crippen molar-refractivity contribution in [1.82, 2.24) is 10.2 Å². The number of rotatable bonds is 3. The molecule has 1 N–H and O–H groups in total. The molecule has 0 saturated heterocycles. The van der Waals surface area contributed by atoms with Gasteiger partial charge in [-0.15, -0.1) is 0 Å². The van der Waals surface area contributed by atoms with Crippen molar-refractivity contribution in [2.45, 2.75) is 45.6 Å². The highest BCUT2D eigenvalue weighted by Gasteiger charge is 2.39. The summed E-state index contributed by atoms with van der Waals surface area (Å²) >= 11 is 5.44. The standard InChI is InChI=1S/C12H22N2S/c1-3-14(4-2)12(15)13-11-8-9-5-6-10(11)7-9/h9-11H,3-8H2,1-2H3,(H,13,15). The third-order valence-corrected chi connectivity index (χ3v) is 4.47. The van der Waals surface area contributed by atoms with Gasteiger partial charge in [0.25, 0.3) is 0 Å². The van der Waals surface area contributed by atoms with Crippen LogP contribution in [0.1, 0.15) is 39.5 Å². The van der Waals surface area contributed by atoms with Gasteiger partial charge in [-0.25, -0.2) is 0 Å². The lowest BCUT2D eigenvalue weighted by molar-refractivity contribution is 0.368. The smallest absolute Gasteiger partial charge is 0.169 e. The summed E-state index contributed by atoms with van der Waals surface area (Å²) in [5.74, 6) is 1.90. The minimum atomic E-state index is 0.678. The molecule has 2 aliphatic carbocycles. The van der Waals surface area contributed by atoms with Crippen LogP contribution in [0.4, 0.5) is 0 Å². The van der Waals surface area contributed by atoms with Crippen LogP contribution in [-0.4, -0.2) is 29.1 Å². The van der Waals surface area contributed by atoms with E-state index in [1.807, 2.05) is 0 Å². The second-order valence-electron chi connectivity index (χ2n) is 4.90. The molecule has 0 aromatic carbocycles. The molecule has 0 radical (unpaired) electrons. The SMILES string of the molecule is CCN(CC)C(=S)NC1CC2CCC1C2. The Morgan fingerprint density at radius 1 is 1.27 bits per heavy atom. The number of nitrogens with zero attached hydrogens (tertiary/aromatic N) is 1. The number of hydrogen-bond donors (Lipinski definition) is 1. The van der Waals surface area contributed by atoms with Crippen LogP contribution < -0.4 is 5.32 Å². The minimum absolute atomic E-state index is 0.678. The molecule has 0 aromatic heterocycles. The lowest BCUT2D eigenvalue weighted by Crippen LogP contribution is -2.46. The average Bonchev–Trinajstić information content (AvgIpc) is 2.81. The van der Waals surface area contributed by atoms with E-state index >= 15 is 0 Å². The molecule has 2 nitrogen and oxygen atoms in total. The number of hydrogen-bond acceptors (Lipinski definition) is 1. The van der Waals surface area contributed by atoms with Crippen LogP contribution in [0.3, 0.4) is 0 Å². The quantitative estimate of drug-likeness (QED) is 0.744. The van der Waals surface area contributed by atoms with Gasteiger partial charge in [0, 0.05) is 19.1 Å². The van der Waals surface area contributed by atoms with Crippen molar-refractivity contribution in [2.75, 3.05) is 13.1 Å². The Bertz CT molecular complexity index is 238. The summed E-state index contributed by atoms with van der Waals surface area (Å²) in [6, 6.07) is 0.678. The van der Waals surface area contributed by atoms with E-state index in [2.05, 4.69) is 24.1 Å². The lowest BCUT2D eigenvalue weighted by atomic mass is 9.95. The van der Waals surface area contributed by atoms with Crippen molar-refractivity contribution in [1.29, 1.82) is 0 Å². The largest absolute Gasteiger partial charge is 0.360 e. The first-order chi connectivity index (χ1) is 7.24. The van der Waals surface area contributed by atoms with Gasteiger partial charge in [0.05, 0.1) is 0 Å². The Balaban J connectivity index is 1.84. The molecule has 3 atom stereocenters. The predicted octanol–water partition coefficient (Wildman–Crippen LogP) is 2.39. The van der Waals surface area contributed by atoms with Gasteiger partial charge in [0.2, 0.25) is 0 Å². The Labute approximate surface area is 98.4 Å². The van der Waals surface area contributed by atoms with Crippen molar-refractivity contribution in [3.8, 4) is 0 Å². The van der Waals surface area contributed by atoms with Gasteiger partial charge >= 0.3 is 0 Å². The third kappa shape index (κ3) is 2.27. The zero-order chi connectivity index (χ0) is 10.8.